The van der Waals surface area contributed by atoms with Crippen molar-refractivity contribution in [3.8, 4) is 0 Å². The predicted molar refractivity (Wildman–Crippen MR) is 87.2 cm³/mol. The molecule has 2 rings (SSSR count). The molecule has 0 bridgehead atoms. The van der Waals surface area contributed by atoms with Crippen LogP contribution < -0.4 is 5.32 Å². The van der Waals surface area contributed by atoms with Gasteiger partial charge in [0.2, 0.25) is 11.8 Å². The lowest BCUT2D eigenvalue weighted by Crippen LogP contribution is -2.33. The van der Waals surface area contributed by atoms with Crippen LogP contribution in [0.2, 0.25) is 0 Å². The summed E-state index contributed by atoms with van der Waals surface area (Å²) in [7, 11) is 3.25. The Hall–Kier alpha value is -1.86. The summed E-state index contributed by atoms with van der Waals surface area (Å²) in [4.78, 5) is 30.0. The molecule has 0 radical (unpaired) electrons. The zero-order chi connectivity index (χ0) is 15.9. The van der Waals surface area contributed by atoms with Crippen molar-refractivity contribution in [1.29, 1.82) is 0 Å². The first-order valence-electron chi connectivity index (χ1n) is 6.95. The van der Waals surface area contributed by atoms with Crippen LogP contribution >= 0.6 is 11.8 Å². The fourth-order valence-corrected chi connectivity index (χ4v) is 3.10. The smallest absolute Gasteiger partial charge is 0.242 e. The summed E-state index contributed by atoms with van der Waals surface area (Å²) in [6.07, 6.45) is 0.144. The Morgan fingerprint density at radius 3 is 2.82 bits per heavy atom. The predicted octanol–water partition coefficient (Wildman–Crippen LogP) is 1.40. The highest BCUT2D eigenvalue weighted by atomic mass is 32.2. The van der Waals surface area contributed by atoms with E-state index in [-0.39, 0.29) is 18.2 Å². The molecule has 1 saturated heterocycles. The van der Waals surface area contributed by atoms with Gasteiger partial charge in [0.25, 0.3) is 0 Å². The Labute approximate surface area is 133 Å². The standard InChI is InChI=1S/C15H19N3O3S/c1-18-14(20)12(10-13(19)16-8-9-21-2)22-15(18)17-11-6-4-3-5-7-11/h3-7,12H,8-10H2,1-2H3,(H,16,19). The van der Waals surface area contributed by atoms with E-state index in [1.165, 1.54) is 16.7 Å². The lowest BCUT2D eigenvalue weighted by atomic mass is 10.2. The third-order valence-corrected chi connectivity index (χ3v) is 4.35. The third kappa shape index (κ3) is 4.32. The second kappa shape index (κ2) is 7.95. The number of para-hydroxylation sites is 1. The number of carbonyl (C=O) groups excluding carboxylic acids is 2. The second-order valence-electron chi connectivity index (χ2n) is 4.78. The molecule has 0 aliphatic carbocycles. The SMILES string of the molecule is COCCNC(=O)CC1SC(=Nc2ccccc2)N(C)C1=O. The molecular weight excluding hydrogens is 302 g/mol. The van der Waals surface area contributed by atoms with E-state index in [0.29, 0.717) is 18.3 Å². The van der Waals surface area contributed by atoms with E-state index in [0.717, 1.165) is 5.69 Å². The number of nitrogens with zero attached hydrogens (tertiary/aromatic N) is 2. The summed E-state index contributed by atoms with van der Waals surface area (Å²) in [6.45, 7) is 0.903. The van der Waals surface area contributed by atoms with E-state index >= 15 is 0 Å². The molecule has 1 unspecified atom stereocenters. The molecule has 1 aliphatic rings. The van der Waals surface area contributed by atoms with Crippen LogP contribution in [0.25, 0.3) is 0 Å². The Kier molecular flexibility index (Phi) is 5.97. The molecule has 0 spiro atoms. The summed E-state index contributed by atoms with van der Waals surface area (Å²) in [6, 6.07) is 9.43. The topological polar surface area (TPSA) is 71.0 Å². The van der Waals surface area contributed by atoms with Crippen LogP contribution in [0.3, 0.4) is 0 Å². The molecule has 1 atom stereocenters. The summed E-state index contributed by atoms with van der Waals surface area (Å²) < 4.78 is 4.87. The van der Waals surface area contributed by atoms with Gasteiger partial charge in [-0.1, -0.05) is 30.0 Å². The van der Waals surface area contributed by atoms with E-state index in [1.807, 2.05) is 30.3 Å². The molecule has 6 nitrogen and oxygen atoms in total. The number of thioether (sulfide) groups is 1. The zero-order valence-electron chi connectivity index (χ0n) is 12.6. The molecule has 1 heterocycles. The number of amidine groups is 1. The Balaban J connectivity index is 1.97. The third-order valence-electron chi connectivity index (χ3n) is 3.12. The minimum Gasteiger partial charge on any atom is -0.383 e. The van der Waals surface area contributed by atoms with Crippen LogP contribution in [0.15, 0.2) is 35.3 Å². The lowest BCUT2D eigenvalue weighted by molar-refractivity contribution is -0.128. The number of aliphatic imine (C=N–C) groups is 1. The molecule has 118 valence electrons. The monoisotopic (exact) mass is 321 g/mol. The Morgan fingerprint density at radius 1 is 1.41 bits per heavy atom. The highest BCUT2D eigenvalue weighted by Gasteiger charge is 2.36. The number of nitrogens with one attached hydrogen (secondary N) is 1. The van der Waals surface area contributed by atoms with Crippen molar-refractivity contribution in [2.45, 2.75) is 11.7 Å². The fourth-order valence-electron chi connectivity index (χ4n) is 1.94. The van der Waals surface area contributed by atoms with E-state index in [1.54, 1.807) is 14.2 Å². The molecular formula is C15H19N3O3S. The quantitative estimate of drug-likeness (QED) is 0.804. The van der Waals surface area contributed by atoms with Crippen LogP contribution in [0.1, 0.15) is 6.42 Å². The average Bonchev–Trinajstić information content (AvgIpc) is 2.77. The lowest BCUT2D eigenvalue weighted by Gasteiger charge is -2.09. The number of amides is 2. The molecule has 2 amide bonds. The number of benzene rings is 1. The average molecular weight is 321 g/mol. The molecule has 7 heteroatoms. The van der Waals surface area contributed by atoms with Crippen molar-refractivity contribution >= 4 is 34.4 Å². The summed E-state index contributed by atoms with van der Waals surface area (Å²) in [5, 5.41) is 2.92. The molecule has 1 fully saturated rings. The van der Waals surface area contributed by atoms with Crippen molar-refractivity contribution < 1.29 is 14.3 Å². The van der Waals surface area contributed by atoms with Crippen LogP contribution in [-0.2, 0) is 14.3 Å². The summed E-state index contributed by atoms with van der Waals surface area (Å²) in [5.74, 6) is -0.251. The summed E-state index contributed by atoms with van der Waals surface area (Å²) >= 11 is 1.32. The number of ether oxygens (including phenoxy) is 1. The maximum atomic E-state index is 12.2. The van der Waals surface area contributed by atoms with Gasteiger partial charge in [0.15, 0.2) is 5.17 Å². The van der Waals surface area contributed by atoms with Crippen molar-refractivity contribution in [2.24, 2.45) is 4.99 Å². The van der Waals surface area contributed by atoms with Crippen LogP contribution in [-0.4, -0.2) is 54.4 Å². The highest BCUT2D eigenvalue weighted by Crippen LogP contribution is 2.30. The molecule has 0 saturated carbocycles. The first-order valence-corrected chi connectivity index (χ1v) is 7.83. The van der Waals surface area contributed by atoms with E-state index in [4.69, 9.17) is 4.74 Å². The van der Waals surface area contributed by atoms with Crippen molar-refractivity contribution in [1.82, 2.24) is 10.2 Å². The molecule has 0 aromatic heterocycles. The molecule has 1 aliphatic heterocycles. The normalized spacial score (nSPS) is 19.7. The Morgan fingerprint density at radius 2 is 2.14 bits per heavy atom. The first kappa shape index (κ1) is 16.5. The van der Waals surface area contributed by atoms with Gasteiger partial charge in [0.1, 0.15) is 5.25 Å². The maximum absolute atomic E-state index is 12.2. The molecule has 1 aromatic carbocycles. The van der Waals surface area contributed by atoms with Crippen molar-refractivity contribution in [3.05, 3.63) is 30.3 Å². The highest BCUT2D eigenvalue weighted by molar-refractivity contribution is 8.15. The van der Waals surface area contributed by atoms with Crippen molar-refractivity contribution in [3.63, 3.8) is 0 Å². The second-order valence-corrected chi connectivity index (χ2v) is 5.95. The Bertz CT molecular complexity index is 562. The minimum atomic E-state index is -0.421. The van der Waals surface area contributed by atoms with Gasteiger partial charge >= 0.3 is 0 Å². The van der Waals surface area contributed by atoms with Gasteiger partial charge in [-0.2, -0.15) is 0 Å². The zero-order valence-corrected chi connectivity index (χ0v) is 13.4. The number of hydrogen-bond donors (Lipinski definition) is 1. The number of hydrogen-bond acceptors (Lipinski definition) is 5. The van der Waals surface area contributed by atoms with Gasteiger partial charge in [-0.3, -0.25) is 14.5 Å². The van der Waals surface area contributed by atoms with E-state index < -0.39 is 5.25 Å². The fraction of sp³-hybridized carbons (Fsp3) is 0.400. The largest absolute Gasteiger partial charge is 0.383 e. The van der Waals surface area contributed by atoms with E-state index in [2.05, 4.69) is 10.3 Å². The number of carbonyl (C=O) groups is 2. The van der Waals surface area contributed by atoms with Gasteiger partial charge in [-0.05, 0) is 12.1 Å². The van der Waals surface area contributed by atoms with Crippen molar-refractivity contribution in [2.75, 3.05) is 27.3 Å². The van der Waals surface area contributed by atoms with Gasteiger partial charge in [0.05, 0.1) is 12.3 Å². The molecule has 1 aromatic rings. The molecule has 1 N–H and O–H groups in total. The van der Waals surface area contributed by atoms with Crippen LogP contribution in [0.4, 0.5) is 5.69 Å². The summed E-state index contributed by atoms with van der Waals surface area (Å²) in [5.41, 5.74) is 0.787. The molecule has 22 heavy (non-hydrogen) atoms. The van der Waals surface area contributed by atoms with Gasteiger partial charge in [-0.25, -0.2) is 4.99 Å². The van der Waals surface area contributed by atoms with Gasteiger partial charge < -0.3 is 10.1 Å². The first-order chi connectivity index (χ1) is 10.6. The maximum Gasteiger partial charge on any atom is 0.242 e. The van der Waals surface area contributed by atoms with Crippen LogP contribution in [0, 0.1) is 0 Å². The van der Waals surface area contributed by atoms with Gasteiger partial charge in [-0.15, -0.1) is 0 Å². The minimum absolute atomic E-state index is 0.0958. The van der Waals surface area contributed by atoms with E-state index in [9.17, 15) is 9.59 Å². The number of rotatable bonds is 6. The number of methoxy groups -OCH3 is 1. The van der Waals surface area contributed by atoms with Gasteiger partial charge in [0, 0.05) is 27.1 Å². The van der Waals surface area contributed by atoms with Crippen LogP contribution in [0.5, 0.6) is 0 Å².